The number of benzene rings is 1. The number of hydrogen-bond donors (Lipinski definition) is 0. The van der Waals surface area contributed by atoms with E-state index in [1.165, 1.54) is 30.5 Å². The van der Waals surface area contributed by atoms with Crippen LogP contribution in [0.2, 0.25) is 0 Å². The van der Waals surface area contributed by atoms with Gasteiger partial charge in [0.15, 0.2) is 11.3 Å². The van der Waals surface area contributed by atoms with Crippen LogP contribution >= 0.6 is 0 Å². The molecule has 0 bridgehead atoms. The molecule has 6 heterocycles. The van der Waals surface area contributed by atoms with Gasteiger partial charge >= 0.3 is 12.0 Å². The van der Waals surface area contributed by atoms with E-state index in [9.17, 15) is 24.1 Å². The zero-order valence-electron chi connectivity index (χ0n) is 25.4. The summed E-state index contributed by atoms with van der Waals surface area (Å²) in [7, 11) is 0. The largest absolute Gasteiger partial charge is 0.446 e. The predicted molar refractivity (Wildman–Crippen MR) is 163 cm³/mol. The molecule has 3 aliphatic heterocycles. The van der Waals surface area contributed by atoms with Crippen molar-refractivity contribution < 1.29 is 27.8 Å². The summed E-state index contributed by atoms with van der Waals surface area (Å²) in [5, 5.41) is 20.3. The zero-order chi connectivity index (χ0) is 32.2. The first-order valence-corrected chi connectivity index (χ1v) is 15.4. The molecule has 0 unspecified atom stereocenters. The van der Waals surface area contributed by atoms with Gasteiger partial charge in [-0.3, -0.25) is 19.5 Å². The number of hydrazone groups is 1. The minimum Gasteiger partial charge on any atom is -0.446 e. The van der Waals surface area contributed by atoms with E-state index in [4.69, 9.17) is 13.9 Å². The molecule has 0 N–H and O–H groups in total. The van der Waals surface area contributed by atoms with Gasteiger partial charge in [0, 0.05) is 48.1 Å². The summed E-state index contributed by atoms with van der Waals surface area (Å²) in [6.07, 6.45) is 6.49. The minimum atomic E-state index is -0.651. The number of carbonyl (C=O) groups is 1. The van der Waals surface area contributed by atoms with E-state index in [0.717, 1.165) is 97.9 Å². The molecule has 46 heavy (non-hydrogen) atoms. The molecule has 0 spiro atoms. The van der Waals surface area contributed by atoms with Crippen LogP contribution < -0.4 is 5.56 Å². The Morgan fingerprint density at radius 2 is 1.96 bits per heavy atom. The number of nitrogens with zero attached hydrogens (tertiary/aromatic N) is 7. The van der Waals surface area contributed by atoms with Crippen LogP contribution in [0, 0.1) is 22.9 Å². The van der Waals surface area contributed by atoms with Crippen LogP contribution in [0.4, 0.5) is 15.1 Å². The quantitative estimate of drug-likeness (QED) is 0.160. The average Bonchev–Trinajstić information content (AvgIpc) is 3.80. The van der Waals surface area contributed by atoms with E-state index >= 15 is 0 Å². The highest BCUT2D eigenvalue weighted by Gasteiger charge is 2.26. The molecule has 14 nitrogen and oxygen atoms in total. The molecule has 0 aliphatic carbocycles. The van der Waals surface area contributed by atoms with Gasteiger partial charge in [-0.05, 0) is 70.3 Å². The lowest BCUT2D eigenvalue weighted by molar-refractivity contribution is -0.402. The second kappa shape index (κ2) is 13.6. The van der Waals surface area contributed by atoms with Crippen LogP contribution in [-0.4, -0.2) is 74.6 Å². The van der Waals surface area contributed by atoms with Gasteiger partial charge in [0.2, 0.25) is 0 Å². The number of aryl methyl sites for hydroxylation is 2. The summed E-state index contributed by atoms with van der Waals surface area (Å²) in [6, 6.07) is 7.23. The fourth-order valence-corrected chi connectivity index (χ4v) is 6.07. The molecule has 4 aromatic rings. The molecule has 0 saturated carbocycles. The van der Waals surface area contributed by atoms with Crippen molar-refractivity contribution in [2.24, 2.45) is 5.10 Å². The third kappa shape index (κ3) is 6.83. The van der Waals surface area contributed by atoms with Crippen molar-refractivity contribution in [3.05, 3.63) is 85.2 Å². The number of cyclic esters (lactones) is 1. The Morgan fingerprint density at radius 1 is 1.13 bits per heavy atom. The highest BCUT2D eigenvalue weighted by atomic mass is 19.1. The van der Waals surface area contributed by atoms with Crippen LogP contribution in [-0.2, 0) is 24.1 Å². The van der Waals surface area contributed by atoms with Crippen molar-refractivity contribution in [3.63, 3.8) is 0 Å². The van der Waals surface area contributed by atoms with Crippen LogP contribution in [0.3, 0.4) is 0 Å². The van der Waals surface area contributed by atoms with Gasteiger partial charge in [-0.15, -0.1) is 0 Å². The van der Waals surface area contributed by atoms with E-state index < -0.39 is 11.0 Å². The maximum atomic E-state index is 13.4. The Balaban J connectivity index is 0.000000196. The predicted octanol–water partition coefficient (Wildman–Crippen LogP) is 4.56. The molecule has 2 fully saturated rings. The summed E-state index contributed by atoms with van der Waals surface area (Å²) in [6.45, 7) is 6.20. The van der Waals surface area contributed by atoms with Gasteiger partial charge < -0.3 is 18.6 Å². The second-order valence-electron chi connectivity index (χ2n) is 11.5. The molecule has 15 heteroatoms. The first kappa shape index (κ1) is 31.1. The van der Waals surface area contributed by atoms with Crippen molar-refractivity contribution in [1.82, 2.24) is 24.6 Å². The van der Waals surface area contributed by atoms with Gasteiger partial charge in [-0.25, -0.2) is 14.2 Å². The molecule has 2 saturated heterocycles. The fraction of sp³-hybridized carbons (Fsp3) is 0.452. The lowest BCUT2D eigenvalue weighted by atomic mass is 9.91. The molecule has 0 atom stereocenters. The summed E-state index contributed by atoms with van der Waals surface area (Å²) in [5.41, 5.74) is 3.38. The number of halogens is 1. The maximum Gasteiger partial charge on any atom is 0.433 e. The third-order valence-corrected chi connectivity index (χ3v) is 8.55. The highest BCUT2D eigenvalue weighted by Crippen LogP contribution is 2.32. The third-order valence-electron chi connectivity index (χ3n) is 8.55. The van der Waals surface area contributed by atoms with Crippen LogP contribution in [0.25, 0.3) is 11.0 Å². The van der Waals surface area contributed by atoms with Gasteiger partial charge in [0.1, 0.15) is 23.2 Å². The number of aromatic nitrogens is 3. The Morgan fingerprint density at radius 3 is 2.70 bits per heavy atom. The number of ether oxygens (including phenoxy) is 1. The molecule has 1 aromatic carbocycles. The smallest absolute Gasteiger partial charge is 0.433 e. The van der Waals surface area contributed by atoms with E-state index in [2.05, 4.69) is 19.9 Å². The monoisotopic (exact) mass is 635 g/mol. The topological polar surface area (TPSA) is 162 Å². The summed E-state index contributed by atoms with van der Waals surface area (Å²) < 4.78 is 30.1. The molecular weight excluding hydrogens is 601 g/mol. The molecule has 3 aromatic heterocycles. The number of hydrogen-bond acceptors (Lipinski definition) is 11. The van der Waals surface area contributed by atoms with E-state index in [1.54, 1.807) is 6.07 Å². The molecule has 0 radical (unpaired) electrons. The van der Waals surface area contributed by atoms with Crippen molar-refractivity contribution in [1.29, 1.82) is 0 Å². The Labute approximate surface area is 262 Å². The lowest BCUT2D eigenvalue weighted by Crippen LogP contribution is -2.37. The van der Waals surface area contributed by atoms with Crippen molar-refractivity contribution in [3.8, 4) is 0 Å². The summed E-state index contributed by atoms with van der Waals surface area (Å²) in [4.78, 5) is 40.7. The number of likely N-dealkylation sites (tertiary alicyclic amines) is 1. The van der Waals surface area contributed by atoms with Crippen LogP contribution in [0.5, 0.6) is 0 Å². The van der Waals surface area contributed by atoms with Crippen molar-refractivity contribution in [2.45, 2.75) is 57.9 Å². The van der Waals surface area contributed by atoms with Gasteiger partial charge in [0.25, 0.3) is 5.56 Å². The van der Waals surface area contributed by atoms with Gasteiger partial charge in [-0.1, -0.05) is 5.16 Å². The number of nitro groups is 1. The Kier molecular flexibility index (Phi) is 9.19. The number of amides is 1. The fourth-order valence-electron chi connectivity index (χ4n) is 6.07. The first-order valence-electron chi connectivity index (χ1n) is 15.4. The molecular formula is C31H34FN7O7. The molecule has 7 rings (SSSR count). The van der Waals surface area contributed by atoms with Crippen molar-refractivity contribution in [2.75, 3.05) is 32.8 Å². The van der Waals surface area contributed by atoms with Gasteiger partial charge in [-0.2, -0.15) is 10.1 Å². The highest BCUT2D eigenvalue weighted by molar-refractivity contribution is 5.80. The number of fused-ring (bicyclic) bond motifs is 2. The first-order chi connectivity index (χ1) is 22.3. The van der Waals surface area contributed by atoms with Crippen LogP contribution in [0.1, 0.15) is 60.1 Å². The number of rotatable bonds is 7. The number of furan rings is 1. The van der Waals surface area contributed by atoms with Crippen molar-refractivity contribution >= 4 is 29.2 Å². The molecule has 3 aliphatic rings. The minimum absolute atomic E-state index is 0.161. The number of piperidine rings is 1. The van der Waals surface area contributed by atoms with E-state index in [-0.39, 0.29) is 29.6 Å². The standard InChI is InChI=1S/C23H27FN4O2.C8H7N3O5/c1-15-18(23(29)28-10-3-2-4-21(28)25-15)9-13-27-11-7-16(8-12-27)22-19-6-5-17(24)14-20(19)30-26-22;12-8-10(3-4-15-8)9-5-6-1-2-7(16-6)11(13)14/h5-6,14,16H,2-4,7-13H2,1H3;1-2,5H,3-4H2. The second-order valence-corrected chi connectivity index (χ2v) is 11.5. The summed E-state index contributed by atoms with van der Waals surface area (Å²) in [5.74, 6) is 0.804. The van der Waals surface area contributed by atoms with E-state index in [0.29, 0.717) is 18.0 Å². The molecule has 1 amide bonds. The van der Waals surface area contributed by atoms with Crippen LogP contribution in [0.15, 0.2) is 49.2 Å². The van der Waals surface area contributed by atoms with E-state index in [1.807, 2.05) is 11.5 Å². The summed E-state index contributed by atoms with van der Waals surface area (Å²) >= 11 is 0. The Bertz CT molecular complexity index is 1820. The maximum absolute atomic E-state index is 13.4. The zero-order valence-corrected chi connectivity index (χ0v) is 25.4. The normalized spacial score (nSPS) is 17.3. The number of carbonyl (C=O) groups excluding carboxylic acids is 1. The van der Waals surface area contributed by atoms with Gasteiger partial charge in [0.05, 0.1) is 24.5 Å². The molecule has 242 valence electrons. The average molecular weight is 636 g/mol. The Hall–Kier alpha value is -4.92. The SMILES string of the molecule is Cc1nc2n(c(=O)c1CCN1CCC(c3noc4cc(F)ccc34)CC1)CCCC2.O=C1OCCN1N=Cc1ccc([N+](=O)[O-])o1. The lowest BCUT2D eigenvalue weighted by Gasteiger charge is -2.31.